The molecule has 1 aromatic heterocycles. The molecule has 2 N–H and O–H groups in total. The topological polar surface area (TPSA) is 75.3 Å². The third kappa shape index (κ3) is 6.67. The highest BCUT2D eigenvalue weighted by Gasteiger charge is 2.31. The average Bonchev–Trinajstić information content (AvgIpc) is 2.88. The van der Waals surface area contributed by atoms with Crippen molar-refractivity contribution in [1.82, 2.24) is 4.98 Å². The van der Waals surface area contributed by atoms with Crippen molar-refractivity contribution < 1.29 is 22.9 Å². The standard InChI is InChI=1S/C26H20F3N5OS/c1-34(21-8-10-22(11-9-21)35-26(27,28)29)17-19-2-6-20(7-3-19)24-25(32-15-14-31-24)33-36-23-12-4-18(16-30)5-13-23/h2-15H,17H2,1H3,(H,32,33)/p+1. The Morgan fingerprint density at radius 1 is 1.03 bits per heavy atom. The molecule has 0 radical (unpaired) electrons. The van der Waals surface area contributed by atoms with Crippen LogP contribution in [-0.2, 0) is 6.54 Å². The predicted molar refractivity (Wildman–Crippen MR) is 132 cm³/mol. The summed E-state index contributed by atoms with van der Waals surface area (Å²) in [6, 6.07) is 23.0. The Morgan fingerprint density at radius 2 is 1.72 bits per heavy atom. The second-order valence-electron chi connectivity index (χ2n) is 7.75. The lowest BCUT2D eigenvalue weighted by Gasteiger charge is -2.20. The molecule has 36 heavy (non-hydrogen) atoms. The van der Waals surface area contributed by atoms with Gasteiger partial charge >= 0.3 is 12.2 Å². The van der Waals surface area contributed by atoms with Crippen molar-refractivity contribution in [2.45, 2.75) is 17.8 Å². The van der Waals surface area contributed by atoms with Crippen molar-refractivity contribution in [2.75, 3.05) is 16.7 Å². The number of anilines is 2. The number of H-pyrrole nitrogens is 1. The van der Waals surface area contributed by atoms with Crippen LogP contribution in [0.1, 0.15) is 11.1 Å². The Labute approximate surface area is 210 Å². The lowest BCUT2D eigenvalue weighted by Crippen LogP contribution is -2.18. The zero-order valence-electron chi connectivity index (χ0n) is 19.1. The van der Waals surface area contributed by atoms with Gasteiger partial charge in [-0.15, -0.1) is 13.2 Å². The van der Waals surface area contributed by atoms with Crippen LogP contribution in [0, 0.1) is 11.3 Å². The minimum Gasteiger partial charge on any atom is -0.406 e. The molecule has 6 nitrogen and oxygen atoms in total. The zero-order chi connectivity index (χ0) is 25.5. The van der Waals surface area contributed by atoms with Crippen LogP contribution in [0.5, 0.6) is 5.75 Å². The molecule has 0 unspecified atom stereocenters. The molecular formula is C26H21F3N5OS+. The molecule has 0 saturated heterocycles. The van der Waals surface area contributed by atoms with Gasteiger partial charge in [0.15, 0.2) is 5.69 Å². The molecule has 0 aliphatic heterocycles. The number of halogens is 3. The summed E-state index contributed by atoms with van der Waals surface area (Å²) in [4.78, 5) is 10.6. The molecule has 0 aliphatic rings. The average molecular weight is 509 g/mol. The highest BCUT2D eigenvalue weighted by Crippen LogP contribution is 2.28. The van der Waals surface area contributed by atoms with Gasteiger partial charge in [-0.1, -0.05) is 24.3 Å². The summed E-state index contributed by atoms with van der Waals surface area (Å²) in [7, 11) is 1.86. The van der Waals surface area contributed by atoms with Gasteiger partial charge in [0.1, 0.15) is 11.9 Å². The van der Waals surface area contributed by atoms with E-state index in [0.717, 1.165) is 33.2 Å². The van der Waals surface area contributed by atoms with Gasteiger partial charge in [0.25, 0.3) is 0 Å². The maximum absolute atomic E-state index is 12.4. The van der Waals surface area contributed by atoms with E-state index in [1.165, 1.54) is 24.1 Å². The van der Waals surface area contributed by atoms with Crippen LogP contribution in [0.25, 0.3) is 11.3 Å². The normalized spacial score (nSPS) is 11.0. The molecule has 0 aliphatic carbocycles. The molecular weight excluding hydrogens is 487 g/mol. The second kappa shape index (κ2) is 11.0. The van der Waals surface area contributed by atoms with Crippen molar-refractivity contribution in [3.8, 4) is 23.1 Å². The van der Waals surface area contributed by atoms with Crippen molar-refractivity contribution in [3.05, 3.63) is 96.3 Å². The first kappa shape index (κ1) is 24.9. The van der Waals surface area contributed by atoms with E-state index < -0.39 is 6.36 Å². The summed E-state index contributed by atoms with van der Waals surface area (Å²) in [6.45, 7) is 0.563. The minimum absolute atomic E-state index is 0.252. The van der Waals surface area contributed by atoms with Crippen molar-refractivity contribution >= 4 is 23.5 Å². The van der Waals surface area contributed by atoms with Crippen molar-refractivity contribution in [2.24, 2.45) is 0 Å². The fourth-order valence-corrected chi connectivity index (χ4v) is 4.05. The molecule has 3 aromatic carbocycles. The van der Waals surface area contributed by atoms with E-state index in [0.29, 0.717) is 12.1 Å². The van der Waals surface area contributed by atoms with Crippen LogP contribution >= 0.6 is 11.9 Å². The highest BCUT2D eigenvalue weighted by atomic mass is 32.2. The van der Waals surface area contributed by atoms with Gasteiger partial charge in [0.2, 0.25) is 0 Å². The highest BCUT2D eigenvalue weighted by molar-refractivity contribution is 8.00. The van der Waals surface area contributed by atoms with E-state index in [2.05, 4.69) is 25.5 Å². The number of nitrogens with one attached hydrogen (secondary N) is 2. The lowest BCUT2D eigenvalue weighted by molar-refractivity contribution is -0.360. The van der Waals surface area contributed by atoms with Gasteiger partial charge in [-0.25, -0.2) is 14.7 Å². The van der Waals surface area contributed by atoms with E-state index in [-0.39, 0.29) is 5.75 Å². The molecule has 0 fully saturated rings. The van der Waals surface area contributed by atoms with E-state index in [1.807, 2.05) is 48.3 Å². The summed E-state index contributed by atoms with van der Waals surface area (Å²) < 4.78 is 44.3. The molecule has 0 atom stereocenters. The third-order valence-electron chi connectivity index (χ3n) is 5.16. The molecule has 10 heteroatoms. The molecule has 0 bridgehead atoms. The van der Waals surface area contributed by atoms with E-state index >= 15 is 0 Å². The number of hydrogen-bond acceptors (Lipinski definition) is 6. The summed E-state index contributed by atoms with van der Waals surface area (Å²) in [5.74, 6) is 0.482. The van der Waals surface area contributed by atoms with Crippen LogP contribution < -0.4 is 19.3 Å². The monoisotopic (exact) mass is 508 g/mol. The van der Waals surface area contributed by atoms with Gasteiger partial charge in [0.05, 0.1) is 34.7 Å². The number of rotatable bonds is 8. The third-order valence-corrected chi connectivity index (χ3v) is 5.97. The molecule has 0 saturated carbocycles. The van der Waals surface area contributed by atoms with Gasteiger partial charge < -0.3 is 9.64 Å². The van der Waals surface area contributed by atoms with Crippen molar-refractivity contribution in [1.29, 1.82) is 5.26 Å². The number of aromatic amines is 1. The summed E-state index contributed by atoms with van der Waals surface area (Å²) in [5.41, 5.74) is 4.05. The number of nitriles is 1. The van der Waals surface area contributed by atoms with Crippen LogP contribution in [0.4, 0.5) is 24.7 Å². The van der Waals surface area contributed by atoms with E-state index in [4.69, 9.17) is 5.26 Å². The largest absolute Gasteiger partial charge is 0.573 e. The van der Waals surface area contributed by atoms with Crippen LogP contribution in [0.3, 0.4) is 0 Å². The SMILES string of the molecule is CN(Cc1ccc(-c2ncc[nH+]c2NSc2ccc(C#N)cc2)cc1)c1ccc(OC(F)(F)F)cc1. The van der Waals surface area contributed by atoms with Gasteiger partial charge in [-0.2, -0.15) is 5.26 Å². The Bertz CT molecular complexity index is 1340. The van der Waals surface area contributed by atoms with Crippen LogP contribution in [0.2, 0.25) is 0 Å². The number of alkyl halides is 3. The number of ether oxygens (including phenoxy) is 1. The van der Waals surface area contributed by atoms with Gasteiger partial charge in [-0.3, -0.25) is 0 Å². The number of nitrogens with zero attached hydrogens (tertiary/aromatic N) is 3. The summed E-state index contributed by atoms with van der Waals surface area (Å²) in [6.07, 6.45) is -1.29. The summed E-state index contributed by atoms with van der Waals surface area (Å²) in [5, 5.41) is 8.94. The molecule has 0 amide bonds. The molecule has 182 valence electrons. The number of benzene rings is 3. The van der Waals surface area contributed by atoms with Gasteiger partial charge in [0, 0.05) is 24.8 Å². The molecule has 4 rings (SSSR count). The van der Waals surface area contributed by atoms with Crippen molar-refractivity contribution in [3.63, 3.8) is 0 Å². The maximum atomic E-state index is 12.4. The molecule has 1 heterocycles. The van der Waals surface area contributed by atoms with Crippen LogP contribution in [0.15, 0.2) is 90.1 Å². The minimum atomic E-state index is -4.71. The Morgan fingerprint density at radius 3 is 2.36 bits per heavy atom. The fourth-order valence-electron chi connectivity index (χ4n) is 3.40. The Kier molecular flexibility index (Phi) is 7.61. The van der Waals surface area contributed by atoms with Gasteiger partial charge in [-0.05, 0) is 54.1 Å². The van der Waals surface area contributed by atoms with E-state index in [9.17, 15) is 13.2 Å². The maximum Gasteiger partial charge on any atom is 0.573 e. The number of hydrogen-bond donors (Lipinski definition) is 1. The molecule has 0 spiro atoms. The summed E-state index contributed by atoms with van der Waals surface area (Å²) >= 11 is 1.41. The first-order chi connectivity index (χ1) is 17.3. The smallest absolute Gasteiger partial charge is 0.406 e. The first-order valence-corrected chi connectivity index (χ1v) is 11.6. The second-order valence-corrected chi connectivity index (χ2v) is 8.63. The fraction of sp³-hybridized carbons (Fsp3) is 0.115. The quantitative estimate of drug-likeness (QED) is 0.291. The zero-order valence-corrected chi connectivity index (χ0v) is 19.9. The van der Waals surface area contributed by atoms with Crippen LogP contribution in [-0.4, -0.2) is 18.4 Å². The predicted octanol–water partition coefficient (Wildman–Crippen LogP) is 6.09. The number of aromatic nitrogens is 2. The Balaban J connectivity index is 1.41. The lowest BCUT2D eigenvalue weighted by atomic mass is 10.1. The Hall–Kier alpha value is -4.23. The van der Waals surface area contributed by atoms with E-state index in [1.54, 1.807) is 36.7 Å². The molecule has 4 aromatic rings. The first-order valence-electron chi connectivity index (χ1n) is 10.8.